The molecule has 1 heterocycles. The second kappa shape index (κ2) is 12.1. The highest BCUT2D eigenvalue weighted by atomic mass is 35.5. The minimum absolute atomic E-state index is 0.0264. The number of hydrogen-bond acceptors (Lipinski definition) is 6. The Balaban J connectivity index is 1.83. The molecule has 34 heavy (non-hydrogen) atoms. The van der Waals surface area contributed by atoms with E-state index in [2.05, 4.69) is 5.32 Å². The quantitative estimate of drug-likeness (QED) is 0.393. The van der Waals surface area contributed by atoms with E-state index in [9.17, 15) is 9.59 Å². The smallest absolute Gasteiger partial charge is 0.336 e. The summed E-state index contributed by atoms with van der Waals surface area (Å²) in [4.78, 5) is 26.2. The van der Waals surface area contributed by atoms with Gasteiger partial charge in [-0.05, 0) is 49.9 Å². The predicted octanol–water partition coefficient (Wildman–Crippen LogP) is 5.21. The zero-order valence-electron chi connectivity index (χ0n) is 19.3. The van der Waals surface area contributed by atoms with Gasteiger partial charge in [-0.25, -0.2) is 9.59 Å². The molecule has 2 aromatic rings. The van der Waals surface area contributed by atoms with Crippen molar-refractivity contribution < 1.29 is 19.1 Å². The summed E-state index contributed by atoms with van der Waals surface area (Å²) >= 11 is 6.08. The van der Waals surface area contributed by atoms with Crippen LogP contribution in [0.2, 0.25) is 5.02 Å². The SMILES string of the molecule is CC1=C(C(=O)OCCC#N)C(c2ccc(Cl)cc2)C(C(=O)OCCCc2ccccc2)=C(C)N1. The van der Waals surface area contributed by atoms with Crippen LogP contribution >= 0.6 is 11.6 Å². The molecule has 1 N–H and O–H groups in total. The first kappa shape index (κ1) is 25.1. The molecule has 0 saturated heterocycles. The highest BCUT2D eigenvalue weighted by Gasteiger charge is 2.38. The van der Waals surface area contributed by atoms with Crippen molar-refractivity contribution >= 4 is 23.5 Å². The molecule has 0 aromatic heterocycles. The van der Waals surface area contributed by atoms with Crippen LogP contribution in [0.5, 0.6) is 0 Å². The van der Waals surface area contributed by atoms with Crippen molar-refractivity contribution in [1.82, 2.24) is 5.32 Å². The summed E-state index contributed by atoms with van der Waals surface area (Å²) in [7, 11) is 0. The summed E-state index contributed by atoms with van der Waals surface area (Å²) in [5.74, 6) is -1.76. The second-order valence-corrected chi connectivity index (χ2v) is 8.39. The molecule has 0 bridgehead atoms. The van der Waals surface area contributed by atoms with Gasteiger partial charge < -0.3 is 14.8 Å². The minimum atomic E-state index is -0.685. The van der Waals surface area contributed by atoms with Crippen molar-refractivity contribution in [3.63, 3.8) is 0 Å². The lowest BCUT2D eigenvalue weighted by Crippen LogP contribution is -2.32. The first-order chi connectivity index (χ1) is 16.4. The average molecular weight is 479 g/mol. The molecule has 176 valence electrons. The molecule has 7 heteroatoms. The van der Waals surface area contributed by atoms with E-state index in [1.807, 2.05) is 36.4 Å². The Morgan fingerprint density at radius 3 is 2.12 bits per heavy atom. The third kappa shape index (κ3) is 6.27. The Labute approximate surface area is 204 Å². The molecule has 0 amide bonds. The van der Waals surface area contributed by atoms with Gasteiger partial charge in [0.15, 0.2) is 0 Å². The number of hydrogen-bond donors (Lipinski definition) is 1. The number of aryl methyl sites for hydroxylation is 1. The summed E-state index contributed by atoms with van der Waals surface area (Å²) < 4.78 is 10.9. The van der Waals surface area contributed by atoms with Gasteiger partial charge in [-0.1, -0.05) is 54.1 Å². The van der Waals surface area contributed by atoms with E-state index in [1.54, 1.807) is 38.1 Å². The molecule has 1 atom stereocenters. The number of esters is 2. The van der Waals surface area contributed by atoms with Gasteiger partial charge in [-0.3, -0.25) is 0 Å². The van der Waals surface area contributed by atoms with Gasteiger partial charge in [0.2, 0.25) is 0 Å². The maximum Gasteiger partial charge on any atom is 0.336 e. The van der Waals surface area contributed by atoms with Crippen LogP contribution in [0.4, 0.5) is 0 Å². The Bertz CT molecular complexity index is 1130. The van der Waals surface area contributed by atoms with Gasteiger partial charge in [0.25, 0.3) is 0 Å². The van der Waals surface area contributed by atoms with Gasteiger partial charge in [-0.15, -0.1) is 0 Å². The molecule has 0 radical (unpaired) electrons. The van der Waals surface area contributed by atoms with Gasteiger partial charge in [0, 0.05) is 16.4 Å². The van der Waals surface area contributed by atoms with Gasteiger partial charge in [0.1, 0.15) is 6.61 Å². The van der Waals surface area contributed by atoms with E-state index in [0.29, 0.717) is 39.5 Å². The molecular formula is C27H27ClN2O4. The van der Waals surface area contributed by atoms with E-state index in [0.717, 1.165) is 6.42 Å². The van der Waals surface area contributed by atoms with Crippen molar-refractivity contribution in [2.24, 2.45) is 0 Å². The Hall–Kier alpha value is -3.56. The minimum Gasteiger partial charge on any atom is -0.462 e. The van der Waals surface area contributed by atoms with E-state index >= 15 is 0 Å². The number of dihydropyridines is 1. The fourth-order valence-electron chi connectivity index (χ4n) is 3.95. The lowest BCUT2D eigenvalue weighted by atomic mass is 9.80. The molecule has 1 unspecified atom stereocenters. The van der Waals surface area contributed by atoms with Crippen molar-refractivity contribution in [3.05, 3.63) is 93.3 Å². The number of benzene rings is 2. The molecule has 1 aliphatic rings. The number of carbonyl (C=O) groups excluding carboxylic acids is 2. The van der Waals surface area contributed by atoms with Crippen LogP contribution in [0.3, 0.4) is 0 Å². The predicted molar refractivity (Wildman–Crippen MR) is 130 cm³/mol. The summed E-state index contributed by atoms with van der Waals surface area (Å²) in [6.45, 7) is 3.77. The molecule has 3 rings (SSSR count). The number of nitrogens with zero attached hydrogens (tertiary/aromatic N) is 1. The molecule has 2 aromatic carbocycles. The van der Waals surface area contributed by atoms with Crippen LogP contribution in [-0.4, -0.2) is 25.2 Å². The molecule has 0 saturated carbocycles. The number of ether oxygens (including phenoxy) is 2. The highest BCUT2D eigenvalue weighted by Crippen LogP contribution is 2.39. The zero-order chi connectivity index (χ0) is 24.5. The molecule has 0 aliphatic carbocycles. The van der Waals surface area contributed by atoms with Gasteiger partial charge >= 0.3 is 11.9 Å². The Morgan fingerprint density at radius 1 is 0.941 bits per heavy atom. The fraction of sp³-hybridized carbons (Fsp3) is 0.296. The molecule has 0 spiro atoms. The van der Waals surface area contributed by atoms with Gasteiger partial charge in [-0.2, -0.15) is 5.26 Å². The zero-order valence-corrected chi connectivity index (χ0v) is 20.0. The van der Waals surface area contributed by atoms with Crippen LogP contribution < -0.4 is 5.32 Å². The topological polar surface area (TPSA) is 88.4 Å². The summed E-state index contributed by atoms with van der Waals surface area (Å²) in [6.07, 6.45) is 1.56. The van der Waals surface area contributed by atoms with E-state index in [4.69, 9.17) is 26.3 Å². The summed E-state index contributed by atoms with van der Waals surface area (Å²) in [5.41, 5.74) is 3.74. The molecule has 0 fully saturated rings. The number of nitrogens with one attached hydrogen (secondary N) is 1. The van der Waals surface area contributed by atoms with Crippen molar-refractivity contribution in [1.29, 1.82) is 5.26 Å². The van der Waals surface area contributed by atoms with Crippen molar-refractivity contribution in [2.75, 3.05) is 13.2 Å². The molecule has 6 nitrogen and oxygen atoms in total. The largest absolute Gasteiger partial charge is 0.462 e. The fourth-order valence-corrected chi connectivity index (χ4v) is 4.08. The first-order valence-corrected chi connectivity index (χ1v) is 11.5. The standard InChI is InChI=1S/C27H27ClN2O4/c1-18-23(26(31)33-16-6-10-20-8-4-3-5-9-20)25(21-11-13-22(28)14-12-21)24(19(2)30-18)27(32)34-17-7-15-29/h3-5,8-9,11-14,25,30H,6-7,10,16-17H2,1-2H3. The monoisotopic (exact) mass is 478 g/mol. The normalized spacial score (nSPS) is 15.4. The van der Waals surface area contributed by atoms with Crippen molar-refractivity contribution in [2.45, 2.75) is 39.0 Å². The molecular weight excluding hydrogens is 452 g/mol. The average Bonchev–Trinajstić information content (AvgIpc) is 2.82. The highest BCUT2D eigenvalue weighted by molar-refractivity contribution is 6.30. The summed E-state index contributed by atoms with van der Waals surface area (Å²) in [5, 5.41) is 12.4. The Kier molecular flexibility index (Phi) is 8.89. The van der Waals surface area contributed by atoms with E-state index in [1.165, 1.54) is 5.56 Å². The number of nitriles is 1. The van der Waals surface area contributed by atoms with E-state index < -0.39 is 17.9 Å². The molecule has 1 aliphatic heterocycles. The van der Waals surface area contributed by atoms with Crippen LogP contribution in [0, 0.1) is 11.3 Å². The first-order valence-electron chi connectivity index (χ1n) is 11.1. The number of allylic oxidation sites excluding steroid dienone is 2. The lowest BCUT2D eigenvalue weighted by molar-refractivity contribution is -0.140. The van der Waals surface area contributed by atoms with Crippen LogP contribution in [0.1, 0.15) is 43.7 Å². The third-order valence-electron chi connectivity index (χ3n) is 5.54. The maximum atomic E-state index is 13.2. The van der Waals surface area contributed by atoms with E-state index in [-0.39, 0.29) is 19.6 Å². The van der Waals surface area contributed by atoms with Gasteiger partial charge in [0.05, 0.1) is 36.2 Å². The lowest BCUT2D eigenvalue weighted by Gasteiger charge is -2.30. The summed E-state index contributed by atoms with van der Waals surface area (Å²) in [6, 6.07) is 18.9. The maximum absolute atomic E-state index is 13.2. The number of halogens is 1. The van der Waals surface area contributed by atoms with Crippen LogP contribution in [0.25, 0.3) is 0 Å². The second-order valence-electron chi connectivity index (χ2n) is 7.96. The number of rotatable bonds is 9. The third-order valence-corrected chi connectivity index (χ3v) is 5.79. The van der Waals surface area contributed by atoms with Crippen LogP contribution in [0.15, 0.2) is 77.1 Å². The number of carbonyl (C=O) groups is 2. The van der Waals surface area contributed by atoms with Crippen molar-refractivity contribution in [3.8, 4) is 6.07 Å². The Morgan fingerprint density at radius 2 is 1.53 bits per heavy atom. The van der Waals surface area contributed by atoms with Crippen LogP contribution in [-0.2, 0) is 25.5 Å².